The molecule has 0 bridgehead atoms. The molecule has 1 aliphatic heterocycles. The van der Waals surface area contributed by atoms with Gasteiger partial charge in [-0.05, 0) is 54.4 Å². The van der Waals surface area contributed by atoms with E-state index in [1.54, 1.807) is 24.1 Å². The summed E-state index contributed by atoms with van der Waals surface area (Å²) in [4.78, 5) is 29.2. The van der Waals surface area contributed by atoms with Gasteiger partial charge < -0.3 is 15.0 Å². The summed E-state index contributed by atoms with van der Waals surface area (Å²) in [6.07, 6.45) is 0.871. The average molecular weight is 415 g/mol. The summed E-state index contributed by atoms with van der Waals surface area (Å²) < 4.78 is 5.29. The standard InChI is InChI=1S/C25H25N3O3/c1-31-23-13-5-8-19(16-23)18-27-14-7-15-28(25(27)30)22-12-6-11-21(17-22)26-24(29)20-9-3-2-4-10-20/h2-6,8-13,16-17H,7,14-15,18H2,1H3,(H,26,29). The number of nitrogens with one attached hydrogen (secondary N) is 1. The van der Waals surface area contributed by atoms with Crippen LogP contribution in [0.2, 0.25) is 0 Å². The first-order valence-electron chi connectivity index (χ1n) is 10.3. The lowest BCUT2D eigenvalue weighted by atomic mass is 10.1. The minimum absolute atomic E-state index is 0.0411. The molecule has 6 nitrogen and oxygen atoms in total. The third-order valence-corrected chi connectivity index (χ3v) is 5.27. The molecule has 3 aromatic rings. The summed E-state index contributed by atoms with van der Waals surface area (Å²) in [5.74, 6) is 0.600. The molecule has 1 saturated heterocycles. The van der Waals surface area contributed by atoms with Crippen LogP contribution in [0.25, 0.3) is 0 Å². The van der Waals surface area contributed by atoms with Gasteiger partial charge in [-0.15, -0.1) is 0 Å². The molecule has 0 spiro atoms. The van der Waals surface area contributed by atoms with Crippen molar-refractivity contribution in [3.8, 4) is 5.75 Å². The molecule has 6 heteroatoms. The molecule has 0 aliphatic carbocycles. The van der Waals surface area contributed by atoms with Gasteiger partial charge in [-0.3, -0.25) is 9.69 Å². The van der Waals surface area contributed by atoms with Gasteiger partial charge in [0.15, 0.2) is 0 Å². The van der Waals surface area contributed by atoms with E-state index in [-0.39, 0.29) is 11.9 Å². The van der Waals surface area contributed by atoms with Gasteiger partial charge in [0, 0.05) is 36.6 Å². The van der Waals surface area contributed by atoms with E-state index in [1.165, 1.54) is 0 Å². The molecular formula is C25H25N3O3. The Bertz CT molecular complexity index is 1070. The van der Waals surface area contributed by atoms with Crippen molar-refractivity contribution in [1.82, 2.24) is 4.90 Å². The van der Waals surface area contributed by atoms with Crippen LogP contribution in [-0.2, 0) is 6.54 Å². The van der Waals surface area contributed by atoms with E-state index in [4.69, 9.17) is 4.74 Å². The molecule has 0 atom stereocenters. The fourth-order valence-corrected chi connectivity index (χ4v) is 3.70. The smallest absolute Gasteiger partial charge is 0.324 e. The van der Waals surface area contributed by atoms with E-state index in [9.17, 15) is 9.59 Å². The second-order valence-corrected chi connectivity index (χ2v) is 7.43. The molecule has 1 fully saturated rings. The van der Waals surface area contributed by atoms with Gasteiger partial charge >= 0.3 is 6.03 Å². The van der Waals surface area contributed by atoms with Crippen LogP contribution in [-0.4, -0.2) is 37.0 Å². The lowest BCUT2D eigenvalue weighted by molar-refractivity contribution is 0.102. The Morgan fingerprint density at radius 3 is 2.58 bits per heavy atom. The van der Waals surface area contributed by atoms with E-state index in [0.29, 0.717) is 30.9 Å². The quantitative estimate of drug-likeness (QED) is 0.630. The van der Waals surface area contributed by atoms with Crippen molar-refractivity contribution in [2.45, 2.75) is 13.0 Å². The van der Waals surface area contributed by atoms with Crippen LogP contribution in [0.4, 0.5) is 16.2 Å². The normalized spacial score (nSPS) is 13.8. The van der Waals surface area contributed by atoms with E-state index in [2.05, 4.69) is 5.32 Å². The Kier molecular flexibility index (Phi) is 6.17. The number of benzene rings is 3. The number of rotatable bonds is 6. The Hall–Kier alpha value is -3.80. The third-order valence-electron chi connectivity index (χ3n) is 5.27. The van der Waals surface area contributed by atoms with E-state index < -0.39 is 0 Å². The average Bonchev–Trinajstić information content (AvgIpc) is 2.81. The summed E-state index contributed by atoms with van der Waals surface area (Å²) >= 11 is 0. The van der Waals surface area contributed by atoms with Crippen LogP contribution in [0.1, 0.15) is 22.3 Å². The maximum Gasteiger partial charge on any atom is 0.324 e. The van der Waals surface area contributed by atoms with Crippen molar-refractivity contribution in [2.75, 3.05) is 30.4 Å². The summed E-state index contributed by atoms with van der Waals surface area (Å²) in [7, 11) is 1.64. The number of anilines is 2. The van der Waals surface area contributed by atoms with Crippen molar-refractivity contribution < 1.29 is 14.3 Å². The number of nitrogens with zero attached hydrogens (tertiary/aromatic N) is 2. The fraction of sp³-hybridized carbons (Fsp3) is 0.200. The number of amides is 3. The van der Waals surface area contributed by atoms with E-state index in [1.807, 2.05) is 71.6 Å². The van der Waals surface area contributed by atoms with Crippen LogP contribution in [0.15, 0.2) is 78.9 Å². The van der Waals surface area contributed by atoms with Crippen molar-refractivity contribution in [3.63, 3.8) is 0 Å². The summed E-state index contributed by atoms with van der Waals surface area (Å²) in [6.45, 7) is 1.87. The molecule has 0 aromatic heterocycles. The molecule has 158 valence electrons. The predicted molar refractivity (Wildman–Crippen MR) is 122 cm³/mol. The number of methoxy groups -OCH3 is 1. The van der Waals surface area contributed by atoms with Crippen LogP contribution in [0.5, 0.6) is 5.75 Å². The highest BCUT2D eigenvalue weighted by molar-refractivity contribution is 6.04. The van der Waals surface area contributed by atoms with Gasteiger partial charge in [0.25, 0.3) is 5.91 Å². The molecule has 0 saturated carbocycles. The number of urea groups is 1. The first kappa shape index (κ1) is 20.5. The molecule has 3 amide bonds. The van der Waals surface area contributed by atoms with Gasteiger partial charge in [-0.1, -0.05) is 36.4 Å². The molecule has 31 heavy (non-hydrogen) atoms. The van der Waals surface area contributed by atoms with Crippen molar-refractivity contribution in [2.24, 2.45) is 0 Å². The lowest BCUT2D eigenvalue weighted by Gasteiger charge is -2.36. The Labute approximate surface area is 182 Å². The molecule has 3 aromatic carbocycles. The number of ether oxygens (including phenoxy) is 1. The largest absolute Gasteiger partial charge is 0.497 e. The maximum atomic E-state index is 13.2. The zero-order valence-corrected chi connectivity index (χ0v) is 17.5. The lowest BCUT2D eigenvalue weighted by Crippen LogP contribution is -2.49. The first-order chi connectivity index (χ1) is 15.1. The van der Waals surface area contributed by atoms with Crippen LogP contribution in [0.3, 0.4) is 0 Å². The van der Waals surface area contributed by atoms with Crippen molar-refractivity contribution >= 4 is 23.3 Å². The van der Waals surface area contributed by atoms with Crippen molar-refractivity contribution in [3.05, 3.63) is 90.0 Å². The van der Waals surface area contributed by atoms with Gasteiger partial charge in [0.2, 0.25) is 0 Å². The van der Waals surface area contributed by atoms with Gasteiger partial charge in [-0.2, -0.15) is 0 Å². The maximum absolute atomic E-state index is 13.2. The molecule has 1 aliphatic rings. The van der Waals surface area contributed by atoms with E-state index >= 15 is 0 Å². The predicted octanol–water partition coefficient (Wildman–Crippen LogP) is 4.78. The molecule has 1 heterocycles. The first-order valence-corrected chi connectivity index (χ1v) is 10.3. The Balaban J connectivity index is 1.48. The van der Waals surface area contributed by atoms with Crippen LogP contribution in [0, 0.1) is 0 Å². The highest BCUT2D eigenvalue weighted by Crippen LogP contribution is 2.25. The monoisotopic (exact) mass is 415 g/mol. The number of carbonyl (C=O) groups is 2. The minimum Gasteiger partial charge on any atom is -0.497 e. The molecule has 1 N–H and O–H groups in total. The summed E-state index contributed by atoms with van der Waals surface area (Å²) in [5, 5.41) is 2.91. The summed E-state index contributed by atoms with van der Waals surface area (Å²) in [6, 6.07) is 24.2. The topological polar surface area (TPSA) is 61.9 Å². The SMILES string of the molecule is COc1cccc(CN2CCCN(c3cccc(NC(=O)c4ccccc4)c3)C2=O)c1. The Morgan fingerprint density at radius 2 is 1.77 bits per heavy atom. The molecule has 4 rings (SSSR count). The Morgan fingerprint density at radius 1 is 0.968 bits per heavy atom. The second-order valence-electron chi connectivity index (χ2n) is 7.43. The van der Waals surface area contributed by atoms with Gasteiger partial charge in [0.05, 0.1) is 7.11 Å². The zero-order chi connectivity index (χ0) is 21.6. The van der Waals surface area contributed by atoms with Gasteiger partial charge in [0.1, 0.15) is 5.75 Å². The van der Waals surface area contributed by atoms with Crippen LogP contribution >= 0.6 is 0 Å². The minimum atomic E-state index is -0.178. The highest BCUT2D eigenvalue weighted by Gasteiger charge is 2.27. The number of hydrogen-bond acceptors (Lipinski definition) is 3. The highest BCUT2D eigenvalue weighted by atomic mass is 16.5. The molecular weight excluding hydrogens is 390 g/mol. The van der Waals surface area contributed by atoms with E-state index in [0.717, 1.165) is 23.4 Å². The second kappa shape index (κ2) is 9.34. The molecule has 0 radical (unpaired) electrons. The fourth-order valence-electron chi connectivity index (χ4n) is 3.70. The van der Waals surface area contributed by atoms with Crippen molar-refractivity contribution in [1.29, 1.82) is 0 Å². The summed E-state index contributed by atoms with van der Waals surface area (Å²) in [5.41, 5.74) is 3.04. The van der Waals surface area contributed by atoms with Crippen LogP contribution < -0.4 is 15.0 Å². The number of carbonyl (C=O) groups excluding carboxylic acids is 2. The van der Waals surface area contributed by atoms with Gasteiger partial charge in [-0.25, -0.2) is 4.79 Å². The third kappa shape index (κ3) is 4.86. The zero-order valence-electron chi connectivity index (χ0n) is 17.5. The molecule has 0 unspecified atom stereocenters. The number of hydrogen-bond donors (Lipinski definition) is 1.